The van der Waals surface area contributed by atoms with Gasteiger partial charge in [0.2, 0.25) is 0 Å². The minimum absolute atomic E-state index is 0.206. The van der Waals surface area contributed by atoms with E-state index in [9.17, 15) is 0 Å². The highest BCUT2D eigenvalue weighted by molar-refractivity contribution is 6.30. The van der Waals surface area contributed by atoms with Gasteiger partial charge in [0.1, 0.15) is 18.1 Å². The maximum Gasteiger partial charge on any atom is 0.122 e. The van der Waals surface area contributed by atoms with Gasteiger partial charge < -0.3 is 10.1 Å². The molecule has 2 aromatic carbocycles. The SMILES string of the molecule is Cc1cc(C#Cc2ccc(-c3ccc(Cl)cc3)cn2)ccc1OCC1(NCC2CC2)CC1. The smallest absolute Gasteiger partial charge is 0.122 e. The van der Waals surface area contributed by atoms with E-state index >= 15 is 0 Å². The van der Waals surface area contributed by atoms with E-state index in [2.05, 4.69) is 35.1 Å². The monoisotopic (exact) mass is 442 g/mol. The van der Waals surface area contributed by atoms with Crippen LogP contribution in [0.1, 0.15) is 42.5 Å². The van der Waals surface area contributed by atoms with Crippen LogP contribution in [0.15, 0.2) is 60.8 Å². The summed E-state index contributed by atoms with van der Waals surface area (Å²) < 4.78 is 6.17. The maximum atomic E-state index is 6.17. The quantitative estimate of drug-likeness (QED) is 0.454. The van der Waals surface area contributed by atoms with Gasteiger partial charge in [-0.15, -0.1) is 0 Å². The largest absolute Gasteiger partial charge is 0.491 e. The van der Waals surface area contributed by atoms with Crippen molar-refractivity contribution in [2.45, 2.75) is 38.1 Å². The Bertz CT molecular complexity index is 1150. The Balaban J connectivity index is 1.20. The molecule has 0 amide bonds. The molecule has 3 nitrogen and oxygen atoms in total. The fourth-order valence-corrected chi connectivity index (χ4v) is 3.85. The van der Waals surface area contributed by atoms with Crippen molar-refractivity contribution in [3.63, 3.8) is 0 Å². The molecule has 0 saturated heterocycles. The predicted octanol–water partition coefficient (Wildman–Crippen LogP) is 6.02. The van der Waals surface area contributed by atoms with Crippen molar-refractivity contribution in [1.82, 2.24) is 10.3 Å². The van der Waals surface area contributed by atoms with E-state index in [0.29, 0.717) is 0 Å². The molecule has 4 heteroatoms. The lowest BCUT2D eigenvalue weighted by Crippen LogP contribution is -2.38. The first kappa shape index (κ1) is 21.1. The van der Waals surface area contributed by atoms with Crippen LogP contribution in [0.4, 0.5) is 0 Å². The molecule has 0 aliphatic heterocycles. The minimum atomic E-state index is 0.206. The summed E-state index contributed by atoms with van der Waals surface area (Å²) in [6.07, 6.45) is 7.04. The van der Waals surface area contributed by atoms with Crippen molar-refractivity contribution >= 4 is 11.6 Å². The van der Waals surface area contributed by atoms with E-state index in [1.165, 1.54) is 25.7 Å². The highest BCUT2D eigenvalue weighted by Crippen LogP contribution is 2.38. The number of hydrogen-bond acceptors (Lipinski definition) is 3. The molecule has 0 unspecified atom stereocenters. The Morgan fingerprint density at radius 2 is 1.81 bits per heavy atom. The number of benzene rings is 2. The lowest BCUT2D eigenvalue weighted by atomic mass is 10.1. The van der Waals surface area contributed by atoms with Crippen LogP contribution in [-0.2, 0) is 0 Å². The molecular formula is C28H27ClN2O. The molecule has 0 radical (unpaired) electrons. The fraction of sp³-hybridized carbons (Fsp3) is 0.321. The molecule has 32 heavy (non-hydrogen) atoms. The lowest BCUT2D eigenvalue weighted by molar-refractivity contribution is 0.249. The summed E-state index contributed by atoms with van der Waals surface area (Å²) in [6, 6.07) is 17.9. The summed E-state index contributed by atoms with van der Waals surface area (Å²) >= 11 is 5.97. The number of pyridine rings is 1. The molecule has 1 N–H and O–H groups in total. The molecule has 3 aromatic rings. The fourth-order valence-electron chi connectivity index (χ4n) is 3.73. The molecular weight excluding hydrogens is 416 g/mol. The molecule has 0 bridgehead atoms. The van der Waals surface area contributed by atoms with Gasteiger partial charge in [0.05, 0.1) is 5.54 Å². The van der Waals surface area contributed by atoms with Crippen LogP contribution in [0.3, 0.4) is 0 Å². The number of aryl methyl sites for hydroxylation is 1. The van der Waals surface area contributed by atoms with Crippen LogP contribution in [0.25, 0.3) is 11.1 Å². The Morgan fingerprint density at radius 1 is 1.03 bits per heavy atom. The molecule has 1 heterocycles. The number of nitrogens with zero attached hydrogens (tertiary/aromatic N) is 1. The topological polar surface area (TPSA) is 34.1 Å². The second-order valence-electron chi connectivity index (χ2n) is 9.06. The maximum absolute atomic E-state index is 6.17. The van der Waals surface area contributed by atoms with Crippen LogP contribution >= 0.6 is 11.6 Å². The van der Waals surface area contributed by atoms with E-state index in [1.807, 2.05) is 54.7 Å². The van der Waals surface area contributed by atoms with Crippen LogP contribution in [0.2, 0.25) is 5.02 Å². The number of rotatable bonds is 7. The lowest BCUT2D eigenvalue weighted by Gasteiger charge is -2.19. The summed E-state index contributed by atoms with van der Waals surface area (Å²) in [4.78, 5) is 4.49. The molecule has 2 fully saturated rings. The Morgan fingerprint density at radius 3 is 2.47 bits per heavy atom. The van der Waals surface area contributed by atoms with Crippen LogP contribution in [0.5, 0.6) is 5.75 Å². The zero-order valence-corrected chi connectivity index (χ0v) is 19.1. The minimum Gasteiger partial charge on any atom is -0.491 e. The zero-order chi connectivity index (χ0) is 22.0. The van der Waals surface area contributed by atoms with Crippen molar-refractivity contribution < 1.29 is 4.74 Å². The predicted molar refractivity (Wildman–Crippen MR) is 130 cm³/mol. The average molecular weight is 443 g/mol. The number of hydrogen-bond donors (Lipinski definition) is 1. The van der Waals surface area contributed by atoms with Crippen molar-refractivity contribution in [1.29, 1.82) is 0 Å². The van der Waals surface area contributed by atoms with E-state index in [1.54, 1.807) is 0 Å². The molecule has 5 rings (SSSR count). The summed E-state index contributed by atoms with van der Waals surface area (Å²) in [5.41, 5.74) is 5.16. The number of aromatic nitrogens is 1. The van der Waals surface area contributed by atoms with Crippen molar-refractivity contribution in [3.05, 3.63) is 82.6 Å². The van der Waals surface area contributed by atoms with Gasteiger partial charge in [-0.05, 0) is 98.5 Å². The van der Waals surface area contributed by atoms with Crippen molar-refractivity contribution in [3.8, 4) is 28.7 Å². The van der Waals surface area contributed by atoms with Gasteiger partial charge in [0, 0.05) is 22.3 Å². The normalized spacial score (nSPS) is 16.2. The standard InChI is InChI=1S/C28H27ClN2O/c1-20-16-21(5-13-27(20)32-19-28(14-15-28)31-17-22-2-3-22)4-11-26-12-8-24(18-30-26)23-6-9-25(29)10-7-23/h5-10,12-13,16,18,22,31H,2-3,14-15,17,19H2,1H3. The Hall–Kier alpha value is -2.80. The van der Waals surface area contributed by atoms with Gasteiger partial charge in [0.15, 0.2) is 0 Å². The highest BCUT2D eigenvalue weighted by atomic mass is 35.5. The first-order chi connectivity index (χ1) is 15.6. The number of ether oxygens (including phenoxy) is 1. The average Bonchev–Trinajstić information content (AvgIpc) is 3.73. The van der Waals surface area contributed by atoms with E-state index in [-0.39, 0.29) is 5.54 Å². The van der Waals surface area contributed by atoms with Gasteiger partial charge in [-0.1, -0.05) is 35.7 Å². The zero-order valence-electron chi connectivity index (χ0n) is 18.3. The second-order valence-corrected chi connectivity index (χ2v) is 9.50. The molecule has 0 spiro atoms. The molecule has 0 atom stereocenters. The van der Waals surface area contributed by atoms with Crippen molar-refractivity contribution in [2.24, 2.45) is 5.92 Å². The number of halogens is 1. The van der Waals surface area contributed by atoms with Gasteiger partial charge in [-0.3, -0.25) is 0 Å². The molecule has 2 saturated carbocycles. The third-order valence-electron chi connectivity index (χ3n) is 6.27. The molecule has 2 aliphatic rings. The van der Waals surface area contributed by atoms with Crippen LogP contribution in [-0.4, -0.2) is 23.7 Å². The first-order valence-electron chi connectivity index (χ1n) is 11.3. The third kappa shape index (κ3) is 5.33. The second kappa shape index (κ2) is 8.98. The molecule has 2 aliphatic carbocycles. The Labute approximate surface area is 195 Å². The van der Waals surface area contributed by atoms with Gasteiger partial charge in [-0.25, -0.2) is 4.98 Å². The van der Waals surface area contributed by atoms with E-state index < -0.39 is 0 Å². The summed E-state index contributed by atoms with van der Waals surface area (Å²) in [5, 5.41) is 4.46. The van der Waals surface area contributed by atoms with Gasteiger partial charge >= 0.3 is 0 Å². The molecule has 162 valence electrons. The van der Waals surface area contributed by atoms with Crippen LogP contribution in [0, 0.1) is 24.7 Å². The molecule has 1 aromatic heterocycles. The number of nitrogens with one attached hydrogen (secondary N) is 1. The Kier molecular flexibility index (Phi) is 5.91. The van der Waals surface area contributed by atoms with Crippen LogP contribution < -0.4 is 10.1 Å². The van der Waals surface area contributed by atoms with Gasteiger partial charge in [-0.2, -0.15) is 0 Å². The van der Waals surface area contributed by atoms with Gasteiger partial charge in [0.25, 0.3) is 0 Å². The summed E-state index contributed by atoms with van der Waals surface area (Å²) in [7, 11) is 0. The summed E-state index contributed by atoms with van der Waals surface area (Å²) in [5.74, 6) is 8.23. The van der Waals surface area contributed by atoms with Crippen molar-refractivity contribution in [2.75, 3.05) is 13.2 Å². The summed E-state index contributed by atoms with van der Waals surface area (Å²) in [6.45, 7) is 3.97. The highest BCUT2D eigenvalue weighted by Gasteiger charge is 2.44. The third-order valence-corrected chi connectivity index (χ3v) is 6.52. The van der Waals surface area contributed by atoms with E-state index in [0.717, 1.165) is 57.8 Å². The van der Waals surface area contributed by atoms with E-state index in [4.69, 9.17) is 16.3 Å². The first-order valence-corrected chi connectivity index (χ1v) is 11.7.